The number of halogens is 2. The number of rotatable bonds is 4. The number of aliphatic hydroxyl groups excluding tert-OH is 1. The Morgan fingerprint density at radius 3 is 2.74 bits per heavy atom. The van der Waals surface area contributed by atoms with Crippen LogP contribution in [-0.2, 0) is 4.74 Å². The molecule has 2 rings (SSSR count). The molecule has 1 heterocycles. The van der Waals surface area contributed by atoms with E-state index in [0.717, 1.165) is 11.3 Å². The van der Waals surface area contributed by atoms with Crippen molar-refractivity contribution >= 4 is 23.2 Å². The van der Waals surface area contributed by atoms with Crippen LogP contribution < -0.4 is 0 Å². The topological polar surface area (TPSA) is 42.4 Å². The molecule has 0 saturated carbocycles. The highest BCUT2D eigenvalue weighted by Gasteiger charge is 2.20. The van der Waals surface area contributed by atoms with E-state index in [1.807, 2.05) is 19.9 Å². The monoisotopic (exact) mass is 349 g/mol. The lowest BCUT2D eigenvalue weighted by atomic mass is 9.92. The molecule has 23 heavy (non-hydrogen) atoms. The van der Waals surface area contributed by atoms with Crippen LogP contribution in [0.15, 0.2) is 36.5 Å². The van der Waals surface area contributed by atoms with Gasteiger partial charge in [0.25, 0.3) is 0 Å². The number of nitrogens with zero attached hydrogens (tertiary/aromatic N) is 1. The Balaban J connectivity index is 2.38. The Hall–Kier alpha value is -1.73. The summed E-state index contributed by atoms with van der Waals surface area (Å²) in [6, 6.07) is 8.91. The molecule has 0 aliphatic carbocycles. The maximum atomic E-state index is 10.3. The Labute approximate surface area is 146 Å². The van der Waals surface area contributed by atoms with Crippen LogP contribution in [0.2, 0.25) is 10.0 Å². The van der Waals surface area contributed by atoms with Crippen molar-refractivity contribution in [2.75, 3.05) is 6.61 Å². The van der Waals surface area contributed by atoms with Gasteiger partial charge in [-0.1, -0.05) is 42.3 Å². The van der Waals surface area contributed by atoms with E-state index in [-0.39, 0.29) is 5.92 Å². The quantitative estimate of drug-likeness (QED) is 0.822. The lowest BCUT2D eigenvalue weighted by Crippen LogP contribution is -2.07. The lowest BCUT2D eigenvalue weighted by Gasteiger charge is -2.18. The zero-order valence-corrected chi connectivity index (χ0v) is 14.4. The maximum absolute atomic E-state index is 10.3. The molecule has 0 spiro atoms. The van der Waals surface area contributed by atoms with Gasteiger partial charge in [-0.15, -0.1) is 0 Å². The van der Waals surface area contributed by atoms with Crippen LogP contribution in [0.5, 0.6) is 0 Å². The third kappa shape index (κ3) is 4.39. The Morgan fingerprint density at radius 1 is 1.26 bits per heavy atom. The van der Waals surface area contributed by atoms with Crippen LogP contribution in [0.3, 0.4) is 0 Å². The Morgan fingerprint density at radius 2 is 2.04 bits per heavy atom. The zero-order valence-electron chi connectivity index (χ0n) is 12.9. The number of aliphatic hydroxyl groups is 1. The molecule has 0 saturated heterocycles. The third-order valence-electron chi connectivity index (χ3n) is 3.42. The zero-order chi connectivity index (χ0) is 16.8. The molecule has 0 aliphatic rings. The number of aromatic nitrogens is 1. The van der Waals surface area contributed by atoms with Crippen LogP contribution in [0, 0.1) is 12.0 Å². The van der Waals surface area contributed by atoms with Gasteiger partial charge in [0.1, 0.15) is 12.2 Å². The fourth-order valence-corrected chi connectivity index (χ4v) is 2.84. The maximum Gasteiger partial charge on any atom is 0.145 e. The second kappa shape index (κ2) is 8.21. The van der Waals surface area contributed by atoms with Gasteiger partial charge in [0.05, 0.1) is 12.3 Å². The average molecular weight is 350 g/mol. The van der Waals surface area contributed by atoms with E-state index in [2.05, 4.69) is 17.0 Å². The highest BCUT2D eigenvalue weighted by molar-refractivity contribution is 6.35. The molecule has 0 bridgehead atoms. The van der Waals surface area contributed by atoms with Crippen molar-refractivity contribution in [1.82, 2.24) is 4.98 Å². The number of ether oxygens (including phenoxy) is 1. The molecule has 2 atom stereocenters. The molecule has 3 nitrogen and oxygen atoms in total. The lowest BCUT2D eigenvalue weighted by molar-refractivity contribution is 0.231. The van der Waals surface area contributed by atoms with Crippen molar-refractivity contribution in [2.24, 2.45) is 0 Å². The van der Waals surface area contributed by atoms with Gasteiger partial charge in [0.15, 0.2) is 0 Å². The molecule has 1 aromatic carbocycles. The average Bonchev–Trinajstić information content (AvgIpc) is 2.54. The minimum absolute atomic E-state index is 0.112. The molecule has 0 fully saturated rings. The van der Waals surface area contributed by atoms with E-state index in [4.69, 9.17) is 27.9 Å². The SMILES string of the molecule is CCOC#CC(O)c1cccnc1C(C)c1ccc(Cl)cc1Cl. The number of benzene rings is 1. The fourth-order valence-electron chi connectivity index (χ4n) is 2.27. The molecule has 2 aromatic rings. The van der Waals surface area contributed by atoms with Crippen molar-refractivity contribution in [3.05, 3.63) is 63.4 Å². The van der Waals surface area contributed by atoms with E-state index in [0.29, 0.717) is 22.2 Å². The summed E-state index contributed by atoms with van der Waals surface area (Å²) in [5.74, 6) is 2.55. The molecular weight excluding hydrogens is 333 g/mol. The minimum Gasteiger partial charge on any atom is -0.447 e. The van der Waals surface area contributed by atoms with Crippen LogP contribution in [-0.4, -0.2) is 16.7 Å². The van der Waals surface area contributed by atoms with Gasteiger partial charge in [-0.05, 0) is 36.6 Å². The number of pyridine rings is 1. The van der Waals surface area contributed by atoms with Crippen molar-refractivity contribution < 1.29 is 9.84 Å². The van der Waals surface area contributed by atoms with Gasteiger partial charge in [0, 0.05) is 27.7 Å². The van der Waals surface area contributed by atoms with E-state index >= 15 is 0 Å². The first-order valence-electron chi connectivity index (χ1n) is 7.24. The van der Waals surface area contributed by atoms with Gasteiger partial charge in [-0.25, -0.2) is 0 Å². The summed E-state index contributed by atoms with van der Waals surface area (Å²) in [5, 5.41) is 11.4. The van der Waals surface area contributed by atoms with E-state index in [9.17, 15) is 5.11 Å². The second-order valence-corrected chi connectivity index (χ2v) is 5.79. The van der Waals surface area contributed by atoms with Crippen molar-refractivity contribution in [1.29, 1.82) is 0 Å². The van der Waals surface area contributed by atoms with E-state index in [1.54, 1.807) is 30.5 Å². The van der Waals surface area contributed by atoms with E-state index in [1.165, 1.54) is 0 Å². The van der Waals surface area contributed by atoms with Gasteiger partial charge in [-0.2, -0.15) is 0 Å². The van der Waals surface area contributed by atoms with Crippen molar-refractivity contribution in [3.63, 3.8) is 0 Å². The summed E-state index contributed by atoms with van der Waals surface area (Å²) in [5.41, 5.74) is 2.24. The molecule has 0 radical (unpaired) electrons. The minimum atomic E-state index is -0.973. The summed E-state index contributed by atoms with van der Waals surface area (Å²) in [6.45, 7) is 4.28. The molecule has 2 unspecified atom stereocenters. The summed E-state index contributed by atoms with van der Waals surface area (Å²) >= 11 is 12.2. The first kappa shape index (κ1) is 17.6. The van der Waals surface area contributed by atoms with Crippen LogP contribution in [0.4, 0.5) is 0 Å². The summed E-state index contributed by atoms with van der Waals surface area (Å²) in [7, 11) is 0. The highest BCUT2D eigenvalue weighted by atomic mass is 35.5. The predicted molar refractivity (Wildman–Crippen MR) is 92.6 cm³/mol. The van der Waals surface area contributed by atoms with Crippen molar-refractivity contribution in [3.8, 4) is 12.0 Å². The standard InChI is InChI=1S/C18H17Cl2NO2/c1-3-23-10-8-17(22)15-5-4-9-21-18(15)12(2)14-7-6-13(19)11-16(14)20/h4-7,9,11-12,17,22H,3H2,1-2H3. The fraction of sp³-hybridized carbons (Fsp3) is 0.278. The molecule has 120 valence electrons. The van der Waals surface area contributed by atoms with Gasteiger partial charge in [0.2, 0.25) is 0 Å². The summed E-state index contributed by atoms with van der Waals surface area (Å²) < 4.78 is 4.97. The molecule has 1 N–H and O–H groups in total. The smallest absolute Gasteiger partial charge is 0.145 e. The Kier molecular flexibility index (Phi) is 6.29. The van der Waals surface area contributed by atoms with Gasteiger partial charge in [-0.3, -0.25) is 4.98 Å². The van der Waals surface area contributed by atoms with Gasteiger partial charge < -0.3 is 9.84 Å². The Bertz CT molecular complexity index is 737. The van der Waals surface area contributed by atoms with Crippen LogP contribution in [0.25, 0.3) is 0 Å². The first-order valence-corrected chi connectivity index (χ1v) is 8.00. The molecule has 0 aliphatic heterocycles. The van der Waals surface area contributed by atoms with Gasteiger partial charge >= 0.3 is 0 Å². The molecular formula is C18H17Cl2NO2. The normalized spacial score (nSPS) is 12.9. The summed E-state index contributed by atoms with van der Waals surface area (Å²) in [4.78, 5) is 4.41. The first-order chi connectivity index (χ1) is 11.0. The molecule has 0 amide bonds. The summed E-state index contributed by atoms with van der Waals surface area (Å²) in [6.07, 6.45) is 3.20. The second-order valence-electron chi connectivity index (χ2n) is 4.95. The number of hydrogen-bond acceptors (Lipinski definition) is 3. The van der Waals surface area contributed by atoms with Crippen LogP contribution in [0.1, 0.15) is 42.7 Å². The van der Waals surface area contributed by atoms with Crippen molar-refractivity contribution in [2.45, 2.75) is 25.9 Å². The third-order valence-corrected chi connectivity index (χ3v) is 3.98. The predicted octanol–water partition coefficient (Wildman–Crippen LogP) is 4.57. The van der Waals surface area contributed by atoms with Crippen LogP contribution >= 0.6 is 23.2 Å². The molecule has 1 aromatic heterocycles. The largest absolute Gasteiger partial charge is 0.447 e. The van der Waals surface area contributed by atoms with E-state index < -0.39 is 6.10 Å². The highest BCUT2D eigenvalue weighted by Crippen LogP contribution is 2.33. The molecule has 5 heteroatoms. The number of hydrogen-bond donors (Lipinski definition) is 1.